The molecule has 0 aromatic carbocycles. The summed E-state index contributed by atoms with van der Waals surface area (Å²) in [5, 5.41) is 0. The molecule has 0 bridgehead atoms. The Bertz CT molecular complexity index is 300. The number of nitrogens with two attached hydrogens (primary N) is 1. The highest BCUT2D eigenvalue weighted by molar-refractivity contribution is 5.20. The van der Waals surface area contributed by atoms with Gasteiger partial charge in [-0.25, -0.2) is 0 Å². The van der Waals surface area contributed by atoms with Crippen molar-refractivity contribution in [1.29, 1.82) is 0 Å². The molecule has 1 aromatic heterocycles. The Morgan fingerprint density at radius 1 is 1.47 bits per heavy atom. The summed E-state index contributed by atoms with van der Waals surface area (Å²) < 4.78 is 0. The van der Waals surface area contributed by atoms with Crippen molar-refractivity contribution in [2.24, 2.45) is 11.7 Å². The molecule has 0 unspecified atom stereocenters. The normalized spacial score (nSPS) is 31.5. The van der Waals surface area contributed by atoms with E-state index in [-0.39, 0.29) is 5.54 Å². The molecule has 2 rings (SSSR count). The van der Waals surface area contributed by atoms with Gasteiger partial charge in [-0.3, -0.25) is 4.98 Å². The molecule has 1 heterocycles. The van der Waals surface area contributed by atoms with Gasteiger partial charge in [0.15, 0.2) is 0 Å². The lowest BCUT2D eigenvalue weighted by molar-refractivity contribution is 0.231. The fourth-order valence-corrected chi connectivity index (χ4v) is 2.55. The van der Waals surface area contributed by atoms with E-state index < -0.39 is 0 Å². The van der Waals surface area contributed by atoms with Crippen LogP contribution in [-0.2, 0) is 5.54 Å². The number of pyridine rings is 1. The average Bonchev–Trinajstić information content (AvgIpc) is 2.31. The first-order valence-corrected chi connectivity index (χ1v) is 5.94. The standard InChI is InChI=1S/C13H20N2/c1-2-11-5-7-13(14,8-6-11)12-4-3-9-15-10-12/h3-4,9-11H,2,5-8,14H2,1H3. The molecule has 0 spiro atoms. The molecule has 0 amide bonds. The zero-order valence-corrected chi connectivity index (χ0v) is 9.45. The molecule has 2 N–H and O–H groups in total. The van der Waals surface area contributed by atoms with Crippen molar-refractivity contribution in [1.82, 2.24) is 4.98 Å². The van der Waals surface area contributed by atoms with Gasteiger partial charge in [-0.05, 0) is 43.2 Å². The summed E-state index contributed by atoms with van der Waals surface area (Å²) in [6.45, 7) is 2.28. The van der Waals surface area contributed by atoms with E-state index in [0.717, 1.165) is 18.8 Å². The Hall–Kier alpha value is -0.890. The Kier molecular flexibility index (Phi) is 3.06. The van der Waals surface area contributed by atoms with Crippen LogP contribution in [0.15, 0.2) is 24.5 Å². The molecular weight excluding hydrogens is 184 g/mol. The number of hydrogen-bond donors (Lipinski definition) is 1. The number of aromatic nitrogens is 1. The molecular formula is C13H20N2. The third-order valence-corrected chi connectivity index (χ3v) is 3.81. The largest absolute Gasteiger partial charge is 0.321 e. The first-order chi connectivity index (χ1) is 7.24. The Morgan fingerprint density at radius 3 is 2.73 bits per heavy atom. The fourth-order valence-electron chi connectivity index (χ4n) is 2.55. The maximum Gasteiger partial charge on any atom is 0.0425 e. The van der Waals surface area contributed by atoms with Crippen LogP contribution in [0.25, 0.3) is 0 Å². The van der Waals surface area contributed by atoms with Gasteiger partial charge in [0.2, 0.25) is 0 Å². The lowest BCUT2D eigenvalue weighted by Gasteiger charge is -2.37. The molecule has 15 heavy (non-hydrogen) atoms. The summed E-state index contributed by atoms with van der Waals surface area (Å²) in [4.78, 5) is 4.16. The highest BCUT2D eigenvalue weighted by Crippen LogP contribution is 2.38. The molecule has 1 aliphatic carbocycles. The van der Waals surface area contributed by atoms with Crippen molar-refractivity contribution in [3.63, 3.8) is 0 Å². The molecule has 0 radical (unpaired) electrons. The van der Waals surface area contributed by atoms with E-state index in [4.69, 9.17) is 5.73 Å². The van der Waals surface area contributed by atoms with Gasteiger partial charge in [0.1, 0.15) is 0 Å². The second-order valence-corrected chi connectivity index (χ2v) is 4.75. The highest BCUT2D eigenvalue weighted by atomic mass is 14.8. The number of rotatable bonds is 2. The van der Waals surface area contributed by atoms with E-state index in [1.807, 2.05) is 18.5 Å². The number of nitrogens with zero attached hydrogens (tertiary/aromatic N) is 1. The van der Waals surface area contributed by atoms with Crippen molar-refractivity contribution < 1.29 is 0 Å². The molecule has 2 heteroatoms. The molecule has 1 saturated carbocycles. The zero-order chi connectivity index (χ0) is 10.7. The van der Waals surface area contributed by atoms with Crippen LogP contribution in [0.4, 0.5) is 0 Å². The van der Waals surface area contributed by atoms with Crippen LogP contribution in [0.5, 0.6) is 0 Å². The Morgan fingerprint density at radius 2 is 2.20 bits per heavy atom. The van der Waals surface area contributed by atoms with E-state index in [1.165, 1.54) is 24.8 Å². The summed E-state index contributed by atoms with van der Waals surface area (Å²) in [5.41, 5.74) is 7.55. The van der Waals surface area contributed by atoms with Crippen molar-refractivity contribution in [3.8, 4) is 0 Å². The lowest BCUT2D eigenvalue weighted by atomic mass is 9.73. The summed E-state index contributed by atoms with van der Waals surface area (Å²) in [6.07, 6.45) is 9.78. The quantitative estimate of drug-likeness (QED) is 0.804. The SMILES string of the molecule is CCC1CCC(N)(c2cccnc2)CC1. The van der Waals surface area contributed by atoms with Crippen LogP contribution in [0.3, 0.4) is 0 Å². The van der Waals surface area contributed by atoms with Gasteiger partial charge < -0.3 is 5.73 Å². The minimum atomic E-state index is -0.111. The van der Waals surface area contributed by atoms with Gasteiger partial charge in [0.05, 0.1) is 0 Å². The van der Waals surface area contributed by atoms with E-state index in [0.29, 0.717) is 0 Å². The van der Waals surface area contributed by atoms with Gasteiger partial charge >= 0.3 is 0 Å². The smallest absolute Gasteiger partial charge is 0.0425 e. The van der Waals surface area contributed by atoms with Gasteiger partial charge in [-0.15, -0.1) is 0 Å². The fraction of sp³-hybridized carbons (Fsp3) is 0.615. The summed E-state index contributed by atoms with van der Waals surface area (Å²) in [6, 6.07) is 4.09. The van der Waals surface area contributed by atoms with Crippen molar-refractivity contribution in [3.05, 3.63) is 30.1 Å². The minimum absolute atomic E-state index is 0.111. The van der Waals surface area contributed by atoms with Crippen LogP contribution in [0.2, 0.25) is 0 Å². The summed E-state index contributed by atoms with van der Waals surface area (Å²) >= 11 is 0. The Labute approximate surface area is 91.9 Å². The van der Waals surface area contributed by atoms with Crippen LogP contribution in [0.1, 0.15) is 44.6 Å². The van der Waals surface area contributed by atoms with Gasteiger partial charge in [0, 0.05) is 17.9 Å². The monoisotopic (exact) mass is 204 g/mol. The first kappa shape index (κ1) is 10.6. The molecule has 1 aliphatic rings. The van der Waals surface area contributed by atoms with E-state index in [9.17, 15) is 0 Å². The molecule has 82 valence electrons. The van der Waals surface area contributed by atoms with Crippen molar-refractivity contribution in [2.75, 3.05) is 0 Å². The molecule has 0 saturated heterocycles. The topological polar surface area (TPSA) is 38.9 Å². The summed E-state index contributed by atoms with van der Waals surface area (Å²) in [7, 11) is 0. The maximum absolute atomic E-state index is 6.46. The van der Waals surface area contributed by atoms with Crippen molar-refractivity contribution in [2.45, 2.75) is 44.6 Å². The second kappa shape index (κ2) is 4.31. The second-order valence-electron chi connectivity index (χ2n) is 4.75. The van der Waals surface area contributed by atoms with E-state index >= 15 is 0 Å². The van der Waals surface area contributed by atoms with Crippen LogP contribution < -0.4 is 5.73 Å². The predicted octanol–water partition coefficient (Wildman–Crippen LogP) is 2.84. The lowest BCUT2D eigenvalue weighted by Crippen LogP contribution is -2.40. The minimum Gasteiger partial charge on any atom is -0.321 e. The molecule has 1 aromatic rings. The number of hydrogen-bond acceptors (Lipinski definition) is 2. The molecule has 0 aliphatic heterocycles. The van der Waals surface area contributed by atoms with Crippen LogP contribution in [0, 0.1) is 5.92 Å². The first-order valence-electron chi connectivity index (χ1n) is 5.94. The zero-order valence-electron chi connectivity index (χ0n) is 9.45. The van der Waals surface area contributed by atoms with Crippen LogP contribution in [-0.4, -0.2) is 4.98 Å². The molecule has 2 nitrogen and oxygen atoms in total. The third kappa shape index (κ3) is 2.20. The van der Waals surface area contributed by atoms with Crippen molar-refractivity contribution >= 4 is 0 Å². The summed E-state index contributed by atoms with van der Waals surface area (Å²) in [5.74, 6) is 0.887. The van der Waals surface area contributed by atoms with Gasteiger partial charge in [0.25, 0.3) is 0 Å². The molecule has 0 atom stereocenters. The predicted molar refractivity (Wildman–Crippen MR) is 62.4 cm³/mol. The van der Waals surface area contributed by atoms with Gasteiger partial charge in [-0.2, -0.15) is 0 Å². The average molecular weight is 204 g/mol. The molecule has 1 fully saturated rings. The van der Waals surface area contributed by atoms with Gasteiger partial charge in [-0.1, -0.05) is 19.4 Å². The van der Waals surface area contributed by atoms with E-state index in [1.54, 1.807) is 0 Å². The highest BCUT2D eigenvalue weighted by Gasteiger charge is 2.32. The van der Waals surface area contributed by atoms with Crippen LogP contribution >= 0.6 is 0 Å². The van der Waals surface area contributed by atoms with E-state index in [2.05, 4.69) is 18.0 Å². The third-order valence-electron chi connectivity index (χ3n) is 3.81. The Balaban J connectivity index is 2.10. The maximum atomic E-state index is 6.46.